The number of aromatic nitrogens is 1. The zero-order valence-corrected chi connectivity index (χ0v) is 13.8. The van der Waals surface area contributed by atoms with Gasteiger partial charge in [-0.3, -0.25) is 4.79 Å². The molecule has 1 aromatic heterocycles. The zero-order chi connectivity index (χ0) is 16.9. The molecule has 0 aliphatic heterocycles. The SMILES string of the molecule is COC(=O)C(C)CN(Cc1ccccc1)c1nc2ccccc2o1. The van der Waals surface area contributed by atoms with Crippen molar-refractivity contribution in [2.75, 3.05) is 18.6 Å². The third-order valence-electron chi connectivity index (χ3n) is 3.87. The molecule has 0 radical (unpaired) electrons. The zero-order valence-electron chi connectivity index (χ0n) is 13.8. The molecular weight excluding hydrogens is 304 g/mol. The molecule has 0 bridgehead atoms. The van der Waals surface area contributed by atoms with Crippen LogP contribution in [0.15, 0.2) is 59.0 Å². The number of oxazole rings is 1. The van der Waals surface area contributed by atoms with E-state index < -0.39 is 0 Å². The van der Waals surface area contributed by atoms with Gasteiger partial charge in [-0.1, -0.05) is 49.4 Å². The van der Waals surface area contributed by atoms with E-state index in [0.717, 1.165) is 16.7 Å². The number of fused-ring (bicyclic) bond motifs is 1. The topological polar surface area (TPSA) is 55.6 Å². The Morgan fingerprint density at radius 1 is 1.17 bits per heavy atom. The maximum absolute atomic E-state index is 11.8. The van der Waals surface area contributed by atoms with Crippen LogP contribution in [0, 0.1) is 5.92 Å². The fourth-order valence-electron chi connectivity index (χ4n) is 2.62. The Bertz CT molecular complexity index is 781. The van der Waals surface area contributed by atoms with Gasteiger partial charge in [0.1, 0.15) is 5.52 Å². The molecule has 3 aromatic rings. The van der Waals surface area contributed by atoms with E-state index in [1.807, 2.05) is 66.4 Å². The monoisotopic (exact) mass is 324 g/mol. The van der Waals surface area contributed by atoms with Crippen LogP contribution in [0.5, 0.6) is 0 Å². The molecule has 0 fully saturated rings. The number of benzene rings is 2. The van der Waals surface area contributed by atoms with Gasteiger partial charge in [0.25, 0.3) is 6.01 Å². The van der Waals surface area contributed by atoms with Crippen molar-refractivity contribution in [3.8, 4) is 0 Å². The first-order valence-corrected chi connectivity index (χ1v) is 7.89. The molecule has 2 aromatic carbocycles. The standard InChI is InChI=1S/C19H20N2O3/c1-14(18(22)23-2)12-21(13-15-8-4-3-5-9-15)19-20-16-10-6-7-11-17(16)24-19/h3-11,14H,12-13H2,1-2H3. The minimum atomic E-state index is -0.284. The number of ether oxygens (including phenoxy) is 1. The molecule has 0 saturated heterocycles. The molecule has 3 rings (SSSR count). The van der Waals surface area contributed by atoms with E-state index in [0.29, 0.717) is 19.1 Å². The lowest BCUT2D eigenvalue weighted by Crippen LogP contribution is -2.32. The normalized spacial score (nSPS) is 12.1. The molecule has 5 nitrogen and oxygen atoms in total. The van der Waals surface area contributed by atoms with E-state index in [1.54, 1.807) is 0 Å². The predicted molar refractivity (Wildman–Crippen MR) is 92.7 cm³/mol. The summed E-state index contributed by atoms with van der Waals surface area (Å²) in [4.78, 5) is 18.3. The second-order valence-corrected chi connectivity index (χ2v) is 5.75. The molecule has 5 heteroatoms. The smallest absolute Gasteiger partial charge is 0.310 e. The average molecular weight is 324 g/mol. The van der Waals surface area contributed by atoms with Crippen LogP contribution in [-0.2, 0) is 16.1 Å². The maximum Gasteiger partial charge on any atom is 0.310 e. The molecule has 124 valence electrons. The van der Waals surface area contributed by atoms with Crippen molar-refractivity contribution in [2.45, 2.75) is 13.5 Å². The predicted octanol–water partition coefficient (Wildman–Crippen LogP) is 3.64. The molecule has 0 aliphatic carbocycles. The summed E-state index contributed by atoms with van der Waals surface area (Å²) in [6.45, 7) is 2.91. The molecule has 0 amide bonds. The van der Waals surface area contributed by atoms with Crippen LogP contribution < -0.4 is 4.90 Å². The summed E-state index contributed by atoms with van der Waals surface area (Å²) >= 11 is 0. The van der Waals surface area contributed by atoms with Crippen LogP contribution in [0.1, 0.15) is 12.5 Å². The van der Waals surface area contributed by atoms with E-state index in [1.165, 1.54) is 7.11 Å². The number of hydrogen-bond acceptors (Lipinski definition) is 5. The van der Waals surface area contributed by atoms with E-state index in [2.05, 4.69) is 4.98 Å². The van der Waals surface area contributed by atoms with Gasteiger partial charge >= 0.3 is 5.97 Å². The minimum absolute atomic E-state index is 0.246. The van der Waals surface area contributed by atoms with Crippen molar-refractivity contribution < 1.29 is 13.9 Å². The average Bonchev–Trinajstić information content (AvgIpc) is 3.05. The lowest BCUT2D eigenvalue weighted by Gasteiger charge is -2.23. The number of esters is 1. The summed E-state index contributed by atoms with van der Waals surface area (Å²) in [7, 11) is 1.40. The highest BCUT2D eigenvalue weighted by molar-refractivity contribution is 5.75. The fraction of sp³-hybridized carbons (Fsp3) is 0.263. The van der Waals surface area contributed by atoms with E-state index in [-0.39, 0.29) is 11.9 Å². The van der Waals surface area contributed by atoms with Gasteiger partial charge in [-0.05, 0) is 17.7 Å². The Hall–Kier alpha value is -2.82. The summed E-state index contributed by atoms with van der Waals surface area (Å²) in [6.07, 6.45) is 0. The quantitative estimate of drug-likeness (QED) is 0.648. The Balaban J connectivity index is 1.89. The molecule has 0 spiro atoms. The Morgan fingerprint density at radius 3 is 2.58 bits per heavy atom. The maximum atomic E-state index is 11.8. The minimum Gasteiger partial charge on any atom is -0.469 e. The second-order valence-electron chi connectivity index (χ2n) is 5.75. The number of rotatable bonds is 6. The number of carbonyl (C=O) groups is 1. The molecule has 1 heterocycles. The number of nitrogens with zero attached hydrogens (tertiary/aromatic N) is 2. The highest BCUT2D eigenvalue weighted by Gasteiger charge is 2.21. The first-order chi connectivity index (χ1) is 11.7. The molecule has 0 aliphatic rings. The van der Waals surface area contributed by atoms with Gasteiger partial charge in [0.15, 0.2) is 5.58 Å². The Labute approximate surface area is 140 Å². The highest BCUT2D eigenvalue weighted by Crippen LogP contribution is 2.24. The van der Waals surface area contributed by atoms with Gasteiger partial charge in [0, 0.05) is 13.1 Å². The second kappa shape index (κ2) is 7.17. The van der Waals surface area contributed by atoms with Crippen molar-refractivity contribution >= 4 is 23.1 Å². The summed E-state index contributed by atoms with van der Waals surface area (Å²) in [5.74, 6) is -0.530. The van der Waals surface area contributed by atoms with Gasteiger partial charge in [-0.25, -0.2) is 0 Å². The molecule has 0 saturated carbocycles. The van der Waals surface area contributed by atoms with Crippen LogP contribution in [0.4, 0.5) is 6.01 Å². The Morgan fingerprint density at radius 2 is 1.88 bits per heavy atom. The fourth-order valence-corrected chi connectivity index (χ4v) is 2.62. The number of para-hydroxylation sites is 2. The van der Waals surface area contributed by atoms with Gasteiger partial charge in [0.2, 0.25) is 0 Å². The molecule has 1 unspecified atom stereocenters. The summed E-state index contributed by atoms with van der Waals surface area (Å²) in [6, 6.07) is 18.2. The lowest BCUT2D eigenvalue weighted by atomic mass is 10.1. The van der Waals surface area contributed by atoms with Crippen molar-refractivity contribution in [3.05, 3.63) is 60.2 Å². The number of hydrogen-bond donors (Lipinski definition) is 0. The summed E-state index contributed by atoms with van der Waals surface area (Å²) in [5, 5.41) is 0. The first-order valence-electron chi connectivity index (χ1n) is 7.89. The van der Waals surface area contributed by atoms with Gasteiger partial charge in [-0.15, -0.1) is 0 Å². The van der Waals surface area contributed by atoms with Crippen molar-refractivity contribution in [2.24, 2.45) is 5.92 Å². The van der Waals surface area contributed by atoms with E-state index in [4.69, 9.17) is 9.15 Å². The summed E-state index contributed by atoms with van der Waals surface area (Å²) < 4.78 is 10.7. The van der Waals surface area contributed by atoms with Crippen LogP contribution in [0.3, 0.4) is 0 Å². The number of methoxy groups -OCH3 is 1. The molecule has 1 atom stereocenters. The van der Waals surface area contributed by atoms with Crippen LogP contribution in [-0.4, -0.2) is 24.6 Å². The van der Waals surface area contributed by atoms with E-state index in [9.17, 15) is 4.79 Å². The van der Waals surface area contributed by atoms with Crippen molar-refractivity contribution in [1.29, 1.82) is 0 Å². The molecular formula is C19H20N2O3. The van der Waals surface area contributed by atoms with Crippen molar-refractivity contribution in [3.63, 3.8) is 0 Å². The van der Waals surface area contributed by atoms with Gasteiger partial charge in [0.05, 0.1) is 13.0 Å². The largest absolute Gasteiger partial charge is 0.469 e. The van der Waals surface area contributed by atoms with E-state index >= 15 is 0 Å². The number of anilines is 1. The number of carbonyl (C=O) groups excluding carboxylic acids is 1. The molecule has 0 N–H and O–H groups in total. The highest BCUT2D eigenvalue weighted by atomic mass is 16.5. The first kappa shape index (κ1) is 16.1. The third-order valence-corrected chi connectivity index (χ3v) is 3.87. The Kier molecular flexibility index (Phi) is 4.79. The van der Waals surface area contributed by atoms with Crippen molar-refractivity contribution in [1.82, 2.24) is 4.98 Å². The third kappa shape index (κ3) is 3.56. The lowest BCUT2D eigenvalue weighted by molar-refractivity contribution is -0.144. The summed E-state index contributed by atoms with van der Waals surface area (Å²) in [5.41, 5.74) is 2.66. The molecule has 24 heavy (non-hydrogen) atoms. The van der Waals surface area contributed by atoms with Crippen LogP contribution >= 0.6 is 0 Å². The van der Waals surface area contributed by atoms with Gasteiger partial charge < -0.3 is 14.1 Å². The van der Waals surface area contributed by atoms with Crippen LogP contribution in [0.25, 0.3) is 11.1 Å². The van der Waals surface area contributed by atoms with Gasteiger partial charge in [-0.2, -0.15) is 4.98 Å². The van der Waals surface area contributed by atoms with Crippen LogP contribution in [0.2, 0.25) is 0 Å².